The van der Waals surface area contributed by atoms with Gasteiger partial charge in [-0.05, 0) is 43.2 Å². The smallest absolute Gasteiger partial charge is 0.281 e. The number of aryl methyl sites for hydroxylation is 2. The second-order valence-corrected chi connectivity index (χ2v) is 10.2. The molecule has 4 aromatic heterocycles. The van der Waals surface area contributed by atoms with E-state index < -0.39 is 0 Å². The van der Waals surface area contributed by atoms with E-state index in [1.54, 1.807) is 22.9 Å². The fourth-order valence-corrected chi connectivity index (χ4v) is 5.17. The number of furan rings is 1. The van der Waals surface area contributed by atoms with Crippen LogP contribution in [-0.2, 0) is 24.1 Å². The molecular weight excluding hydrogens is 488 g/mol. The number of halogens is 1. The lowest BCUT2D eigenvalue weighted by Gasteiger charge is -2.26. The number of pyridine rings is 1. The molecule has 0 bridgehead atoms. The molecule has 0 spiro atoms. The monoisotopic (exact) mass is 512 g/mol. The highest BCUT2D eigenvalue weighted by molar-refractivity contribution is 7.16. The number of morpholine rings is 1. The van der Waals surface area contributed by atoms with Crippen LogP contribution in [0, 0.1) is 0 Å². The van der Waals surface area contributed by atoms with Crippen molar-refractivity contribution in [2.75, 3.05) is 32.8 Å². The molecule has 0 radical (unpaired) electrons. The van der Waals surface area contributed by atoms with E-state index in [1.807, 2.05) is 24.3 Å². The number of hydrogen-bond acceptors (Lipinski definition) is 7. The Labute approximate surface area is 211 Å². The summed E-state index contributed by atoms with van der Waals surface area (Å²) >= 11 is 7.59. The zero-order chi connectivity index (χ0) is 24.2. The second kappa shape index (κ2) is 10.7. The molecule has 1 aliphatic heterocycles. The summed E-state index contributed by atoms with van der Waals surface area (Å²) in [6.45, 7) is 4.64. The molecule has 35 heavy (non-hydrogen) atoms. The number of carbonyl (C=O) groups is 1. The number of ether oxygens (including phenoxy) is 1. The predicted octanol–water partition coefficient (Wildman–Crippen LogP) is 3.83. The van der Waals surface area contributed by atoms with Crippen molar-refractivity contribution in [2.24, 2.45) is 0 Å². The van der Waals surface area contributed by atoms with Crippen LogP contribution in [0.4, 0.5) is 0 Å². The molecule has 10 heteroatoms. The predicted molar refractivity (Wildman–Crippen MR) is 134 cm³/mol. The molecule has 1 aliphatic rings. The number of carbonyl (C=O) groups excluding carboxylic acids is 1. The van der Waals surface area contributed by atoms with Crippen LogP contribution in [0.1, 0.15) is 20.9 Å². The summed E-state index contributed by atoms with van der Waals surface area (Å²) in [4.78, 5) is 29.3. The van der Waals surface area contributed by atoms with Crippen molar-refractivity contribution < 1.29 is 13.9 Å². The van der Waals surface area contributed by atoms with E-state index in [9.17, 15) is 9.59 Å². The van der Waals surface area contributed by atoms with E-state index in [4.69, 9.17) is 20.8 Å². The van der Waals surface area contributed by atoms with Gasteiger partial charge in [0.2, 0.25) is 0 Å². The molecule has 0 saturated carbocycles. The summed E-state index contributed by atoms with van der Waals surface area (Å²) < 4.78 is 14.3. The summed E-state index contributed by atoms with van der Waals surface area (Å²) in [6.07, 6.45) is 5.99. The molecule has 0 amide bonds. The van der Waals surface area contributed by atoms with Crippen molar-refractivity contribution >= 4 is 28.8 Å². The van der Waals surface area contributed by atoms with Crippen molar-refractivity contribution in [1.29, 1.82) is 0 Å². The minimum atomic E-state index is -0.275. The van der Waals surface area contributed by atoms with Gasteiger partial charge >= 0.3 is 0 Å². The third kappa shape index (κ3) is 5.65. The van der Waals surface area contributed by atoms with Crippen LogP contribution in [0.15, 0.2) is 64.3 Å². The molecular formula is C25H25ClN4O4S. The Kier molecular flexibility index (Phi) is 7.29. The summed E-state index contributed by atoms with van der Waals surface area (Å²) in [6, 6.07) is 10.8. The van der Waals surface area contributed by atoms with Gasteiger partial charge in [-0.1, -0.05) is 11.6 Å². The van der Waals surface area contributed by atoms with Gasteiger partial charge in [0.15, 0.2) is 0 Å². The SMILES string of the molecule is O=C(c1ccoc1)n1nc(-c2ccn(CCN3CCOCC3)c(=O)c2)cc1CCc1ccc(Cl)s1. The summed E-state index contributed by atoms with van der Waals surface area (Å²) in [5.74, 6) is -0.275. The third-order valence-electron chi connectivity index (χ3n) is 6.05. The normalized spacial score (nSPS) is 14.4. The van der Waals surface area contributed by atoms with Crippen molar-refractivity contribution in [1.82, 2.24) is 19.2 Å². The van der Waals surface area contributed by atoms with E-state index in [0.29, 0.717) is 29.8 Å². The Hall–Kier alpha value is -2.98. The van der Waals surface area contributed by atoms with Crippen LogP contribution in [0.25, 0.3) is 11.3 Å². The lowest BCUT2D eigenvalue weighted by Crippen LogP contribution is -2.39. The molecule has 0 aliphatic carbocycles. The van der Waals surface area contributed by atoms with Crippen molar-refractivity contribution in [3.8, 4) is 11.3 Å². The van der Waals surface area contributed by atoms with Gasteiger partial charge in [0.05, 0.1) is 35.1 Å². The first kappa shape index (κ1) is 23.7. The lowest BCUT2D eigenvalue weighted by molar-refractivity contribution is 0.0363. The van der Waals surface area contributed by atoms with Gasteiger partial charge in [0.1, 0.15) is 6.26 Å². The standard InChI is InChI=1S/C25H25ClN4O4S/c26-23-4-3-21(35-23)2-1-20-16-22(27-30(20)25(32)19-6-12-34-17-19)18-5-7-29(24(31)15-18)9-8-28-10-13-33-14-11-28/h3-7,12,15-17H,1-2,8-11,13-14H2. The third-order valence-corrected chi connectivity index (χ3v) is 7.34. The molecule has 8 nitrogen and oxygen atoms in total. The lowest BCUT2D eigenvalue weighted by atomic mass is 10.1. The molecule has 1 fully saturated rings. The highest BCUT2D eigenvalue weighted by Crippen LogP contribution is 2.24. The van der Waals surface area contributed by atoms with Gasteiger partial charge < -0.3 is 13.7 Å². The largest absolute Gasteiger partial charge is 0.472 e. The molecule has 0 aromatic carbocycles. The van der Waals surface area contributed by atoms with Crippen LogP contribution >= 0.6 is 22.9 Å². The van der Waals surface area contributed by atoms with Crippen LogP contribution in [0.3, 0.4) is 0 Å². The van der Waals surface area contributed by atoms with Crippen LogP contribution in [0.2, 0.25) is 4.34 Å². The second-order valence-electron chi connectivity index (χ2n) is 8.36. The maximum absolute atomic E-state index is 13.1. The van der Waals surface area contributed by atoms with Gasteiger partial charge in [0.25, 0.3) is 11.5 Å². The van der Waals surface area contributed by atoms with Gasteiger partial charge in [-0.3, -0.25) is 14.5 Å². The average molecular weight is 513 g/mol. The maximum Gasteiger partial charge on any atom is 0.281 e. The molecule has 5 rings (SSSR count). The van der Waals surface area contributed by atoms with Crippen molar-refractivity contribution in [2.45, 2.75) is 19.4 Å². The van der Waals surface area contributed by atoms with Crippen molar-refractivity contribution in [3.05, 3.63) is 85.9 Å². The van der Waals surface area contributed by atoms with E-state index in [2.05, 4.69) is 10.00 Å². The number of hydrogen-bond donors (Lipinski definition) is 0. The molecule has 1 saturated heterocycles. The zero-order valence-electron chi connectivity index (χ0n) is 19.1. The van der Waals surface area contributed by atoms with E-state index in [0.717, 1.165) is 54.2 Å². The fourth-order valence-electron chi connectivity index (χ4n) is 4.09. The van der Waals surface area contributed by atoms with Crippen molar-refractivity contribution in [3.63, 3.8) is 0 Å². The van der Waals surface area contributed by atoms with E-state index in [1.165, 1.54) is 28.5 Å². The highest BCUT2D eigenvalue weighted by atomic mass is 35.5. The Morgan fingerprint density at radius 1 is 1.09 bits per heavy atom. The minimum Gasteiger partial charge on any atom is -0.472 e. The molecule has 0 unspecified atom stereocenters. The molecule has 5 heterocycles. The number of nitrogens with zero attached hydrogens (tertiary/aromatic N) is 4. The van der Waals surface area contributed by atoms with Gasteiger partial charge in [-0.2, -0.15) is 5.10 Å². The summed E-state index contributed by atoms with van der Waals surface area (Å²) in [5.41, 5.74) is 2.34. The van der Waals surface area contributed by atoms with Gasteiger partial charge in [-0.15, -0.1) is 11.3 Å². The Bertz CT molecular complexity index is 1350. The number of thiophene rings is 1. The quantitative estimate of drug-likeness (QED) is 0.357. The first-order chi connectivity index (χ1) is 17.1. The first-order valence-electron chi connectivity index (χ1n) is 11.5. The Balaban J connectivity index is 1.37. The average Bonchev–Trinajstić information content (AvgIpc) is 3.63. The van der Waals surface area contributed by atoms with Crippen LogP contribution in [0.5, 0.6) is 0 Å². The summed E-state index contributed by atoms with van der Waals surface area (Å²) in [7, 11) is 0. The van der Waals surface area contributed by atoms with Crippen LogP contribution in [-0.4, -0.2) is 58.0 Å². The zero-order valence-corrected chi connectivity index (χ0v) is 20.6. The Morgan fingerprint density at radius 2 is 1.94 bits per heavy atom. The summed E-state index contributed by atoms with van der Waals surface area (Å²) in [5, 5.41) is 4.58. The minimum absolute atomic E-state index is 0.0961. The highest BCUT2D eigenvalue weighted by Gasteiger charge is 2.19. The van der Waals surface area contributed by atoms with Gasteiger partial charge in [0, 0.05) is 54.6 Å². The number of aromatic nitrogens is 3. The number of rotatable bonds is 8. The fraction of sp³-hybridized carbons (Fsp3) is 0.320. The van der Waals surface area contributed by atoms with E-state index in [-0.39, 0.29) is 11.5 Å². The molecule has 4 aromatic rings. The molecule has 182 valence electrons. The Morgan fingerprint density at radius 3 is 2.66 bits per heavy atom. The van der Waals surface area contributed by atoms with Gasteiger partial charge in [-0.25, -0.2) is 4.68 Å². The van der Waals surface area contributed by atoms with Crippen LogP contribution < -0.4 is 5.56 Å². The van der Waals surface area contributed by atoms with E-state index >= 15 is 0 Å². The maximum atomic E-state index is 13.1. The molecule has 0 N–H and O–H groups in total. The molecule has 0 atom stereocenters. The topological polar surface area (TPSA) is 82.5 Å². The first-order valence-corrected chi connectivity index (χ1v) is 12.7.